The summed E-state index contributed by atoms with van der Waals surface area (Å²) in [6.07, 6.45) is 4.95. The van der Waals surface area contributed by atoms with E-state index < -0.39 is 0 Å². The number of pyridine rings is 1. The highest BCUT2D eigenvalue weighted by molar-refractivity contribution is 7.99. The molecular weight excluding hydrogens is 418 g/mol. The van der Waals surface area contributed by atoms with Crippen molar-refractivity contribution in [3.8, 4) is 6.07 Å². The summed E-state index contributed by atoms with van der Waals surface area (Å²) in [6.45, 7) is 0. The normalized spacial score (nSPS) is 12.2. The lowest BCUT2D eigenvalue weighted by molar-refractivity contribution is -0.577. The number of anilines is 3. The van der Waals surface area contributed by atoms with Crippen LogP contribution in [-0.2, 0) is 4.79 Å². The number of nitrogens with one attached hydrogen (secondary N) is 1. The summed E-state index contributed by atoms with van der Waals surface area (Å²) in [7, 11) is 3.87. The molecule has 156 valence electrons. The molecule has 0 bridgehead atoms. The third kappa shape index (κ3) is 3.93. The summed E-state index contributed by atoms with van der Waals surface area (Å²) >= 11 is 1.61. The van der Waals surface area contributed by atoms with E-state index in [0.717, 1.165) is 26.9 Å². The maximum absolute atomic E-state index is 14.0. The lowest BCUT2D eigenvalue weighted by atomic mass is 10.1. The average Bonchev–Trinajstić information content (AvgIpc) is 2.83. The van der Waals surface area contributed by atoms with Crippen LogP contribution in [0, 0.1) is 16.7 Å². The largest absolute Gasteiger partial charge is 0.377 e. The molecule has 1 N–H and O–H groups in total. The Labute approximate surface area is 190 Å². The number of hydrogen-bond acceptors (Lipinski definition) is 5. The van der Waals surface area contributed by atoms with Crippen LogP contribution >= 0.6 is 11.8 Å². The summed E-state index contributed by atoms with van der Waals surface area (Å²) in [5.41, 5.74) is 2.72. The number of fused-ring (bicyclic) bond motifs is 2. The number of benzene rings is 2. The van der Waals surface area contributed by atoms with E-state index in [1.54, 1.807) is 33.6 Å². The second kappa shape index (κ2) is 8.94. The van der Waals surface area contributed by atoms with Crippen LogP contribution in [0.3, 0.4) is 0 Å². The average molecular weight is 439 g/mol. The lowest BCUT2D eigenvalue weighted by Crippen LogP contribution is -2.42. The predicted molar refractivity (Wildman–Crippen MR) is 126 cm³/mol. The van der Waals surface area contributed by atoms with E-state index in [4.69, 9.17) is 5.41 Å². The van der Waals surface area contributed by atoms with E-state index in [0.29, 0.717) is 0 Å². The molecule has 0 saturated carbocycles. The van der Waals surface area contributed by atoms with E-state index in [2.05, 4.69) is 5.87 Å². The van der Waals surface area contributed by atoms with Gasteiger partial charge in [-0.2, -0.15) is 9.83 Å². The number of carbonyl (C=O) groups excluding carboxylic acids is 1. The van der Waals surface area contributed by atoms with Gasteiger partial charge in [-0.15, -0.1) is 0 Å². The molecule has 0 unspecified atom stereocenters. The minimum absolute atomic E-state index is 0.0366. The Morgan fingerprint density at radius 1 is 1.03 bits per heavy atom. The highest BCUT2D eigenvalue weighted by atomic mass is 32.2. The first-order chi connectivity index (χ1) is 15.5. The third-order valence-electron chi connectivity index (χ3n) is 5.00. The lowest BCUT2D eigenvalue weighted by Gasteiger charge is -2.30. The summed E-state index contributed by atoms with van der Waals surface area (Å²) in [4.78, 5) is 19.6. The van der Waals surface area contributed by atoms with Crippen LogP contribution in [-0.4, -0.2) is 25.9 Å². The summed E-state index contributed by atoms with van der Waals surface area (Å²) in [6, 6.07) is 21.2. The van der Waals surface area contributed by atoms with Gasteiger partial charge in [0.2, 0.25) is 0 Å². The van der Waals surface area contributed by atoms with Gasteiger partial charge in [-0.1, -0.05) is 36.0 Å². The van der Waals surface area contributed by atoms with Crippen LogP contribution in [0.4, 0.5) is 17.1 Å². The monoisotopic (exact) mass is 438 g/mol. The molecule has 1 aromatic heterocycles. The molecule has 0 saturated heterocycles. The maximum Gasteiger partial charge on any atom is 0.328 e. The number of allylic oxidation sites excluding steroid dienone is 2. The Hall–Kier alpha value is -4.11. The first-order valence-corrected chi connectivity index (χ1v) is 10.7. The third-order valence-corrected chi connectivity index (χ3v) is 6.13. The molecule has 1 aliphatic heterocycles. The Balaban J connectivity index is 1.89. The zero-order valence-corrected chi connectivity index (χ0v) is 18.4. The molecule has 0 radical (unpaired) electrons. The first kappa shape index (κ1) is 21.1. The number of rotatable bonds is 4. The summed E-state index contributed by atoms with van der Waals surface area (Å²) < 4.78 is 1.66. The van der Waals surface area contributed by atoms with Crippen molar-refractivity contribution in [1.82, 2.24) is 0 Å². The van der Waals surface area contributed by atoms with Gasteiger partial charge in [-0.05, 0) is 30.1 Å². The van der Waals surface area contributed by atoms with Crippen LogP contribution in [0.5, 0.6) is 0 Å². The van der Waals surface area contributed by atoms with Gasteiger partial charge in [0.15, 0.2) is 12.4 Å². The van der Waals surface area contributed by atoms with Crippen molar-refractivity contribution in [2.24, 2.45) is 0 Å². The van der Waals surface area contributed by atoms with Crippen molar-refractivity contribution < 1.29 is 9.36 Å². The van der Waals surface area contributed by atoms with Crippen molar-refractivity contribution in [1.29, 1.82) is 10.7 Å². The van der Waals surface area contributed by atoms with Gasteiger partial charge in [-0.25, -0.2) is 0 Å². The number of carbonyl (C=O) groups is 1. The smallest absolute Gasteiger partial charge is 0.328 e. The number of aromatic nitrogens is 1. The van der Waals surface area contributed by atoms with E-state index in [-0.39, 0.29) is 17.2 Å². The van der Waals surface area contributed by atoms with Crippen LogP contribution in [0.2, 0.25) is 0 Å². The zero-order chi connectivity index (χ0) is 22.7. The fraction of sp³-hybridized carbons (Fsp3) is 0.0800. The molecule has 4 rings (SSSR count). The van der Waals surface area contributed by atoms with Crippen molar-refractivity contribution in [2.45, 2.75) is 9.79 Å². The number of amides is 1. The minimum Gasteiger partial charge on any atom is -0.377 e. The highest BCUT2D eigenvalue weighted by Gasteiger charge is 2.34. The predicted octanol–water partition coefficient (Wildman–Crippen LogP) is 4.41. The van der Waals surface area contributed by atoms with Crippen LogP contribution < -0.4 is 14.4 Å². The molecular formula is C25H20N5OS+. The van der Waals surface area contributed by atoms with E-state index >= 15 is 0 Å². The molecule has 1 aliphatic rings. The first-order valence-electron chi connectivity index (χ1n) is 9.84. The van der Waals surface area contributed by atoms with Gasteiger partial charge in [0.1, 0.15) is 11.6 Å². The van der Waals surface area contributed by atoms with Crippen LogP contribution in [0.1, 0.15) is 0 Å². The second-order valence-corrected chi connectivity index (χ2v) is 8.30. The molecule has 2 heterocycles. The van der Waals surface area contributed by atoms with Crippen molar-refractivity contribution in [3.05, 3.63) is 84.7 Å². The maximum atomic E-state index is 14.0. The Morgan fingerprint density at radius 2 is 1.59 bits per heavy atom. The summed E-state index contributed by atoms with van der Waals surface area (Å²) in [5, 5.41) is 16.8. The molecule has 3 aromatic rings. The molecule has 7 heteroatoms. The van der Waals surface area contributed by atoms with Crippen molar-refractivity contribution >= 4 is 46.3 Å². The van der Waals surface area contributed by atoms with Gasteiger partial charge in [0.25, 0.3) is 5.70 Å². The molecule has 1 amide bonds. The number of para-hydroxylation sites is 2. The number of nitriles is 1. The van der Waals surface area contributed by atoms with Crippen LogP contribution in [0.15, 0.2) is 94.5 Å². The molecule has 6 nitrogen and oxygen atoms in total. The highest BCUT2D eigenvalue weighted by Crippen LogP contribution is 2.48. The quantitative estimate of drug-likeness (QED) is 0.215. The van der Waals surface area contributed by atoms with Crippen LogP contribution in [0.25, 0.3) is 5.70 Å². The Bertz CT molecular complexity index is 1270. The Morgan fingerprint density at radius 3 is 2.09 bits per heavy atom. The summed E-state index contributed by atoms with van der Waals surface area (Å²) in [5.74, 6) is 1.80. The molecule has 32 heavy (non-hydrogen) atoms. The topological polar surface area (TPSA) is 75.1 Å². The van der Waals surface area contributed by atoms with Crippen molar-refractivity contribution in [3.63, 3.8) is 0 Å². The fourth-order valence-electron chi connectivity index (χ4n) is 3.40. The number of hydrogen-bond donors (Lipinski definition) is 1. The number of nitrogens with zero attached hydrogens (tertiary/aromatic N) is 4. The van der Waals surface area contributed by atoms with E-state index in [9.17, 15) is 10.1 Å². The molecule has 0 spiro atoms. The van der Waals surface area contributed by atoms with Crippen molar-refractivity contribution in [2.75, 3.05) is 23.9 Å². The van der Waals surface area contributed by atoms with E-state index in [1.165, 1.54) is 6.08 Å². The van der Waals surface area contributed by atoms with Gasteiger partial charge in [0, 0.05) is 47.8 Å². The van der Waals surface area contributed by atoms with Gasteiger partial charge < -0.3 is 4.90 Å². The Kier molecular flexibility index (Phi) is 5.91. The standard InChI is InChI=1S/C25H20N5OS/c1-28(2)19-11-13-29(14-12-19)22(15-18(16-26)17-27)25(31)30-20-7-3-5-9-23(20)32-24-10-6-4-8-21(24)30/h3-15,26H,1-2H3/q+1/b22-15-. The van der Waals surface area contributed by atoms with Gasteiger partial charge in [-0.3, -0.25) is 15.1 Å². The zero-order valence-electron chi connectivity index (χ0n) is 17.6. The van der Waals surface area contributed by atoms with Gasteiger partial charge >= 0.3 is 5.91 Å². The van der Waals surface area contributed by atoms with Gasteiger partial charge in [0.05, 0.1) is 11.4 Å². The second-order valence-electron chi connectivity index (χ2n) is 7.22. The SMILES string of the molecule is CN(C)c1cc[n+](/C(=C\C(=C=N)C#N)C(=O)N2c3ccccc3Sc3ccccc32)cc1. The molecule has 0 atom stereocenters. The molecule has 0 aliphatic carbocycles. The van der Waals surface area contributed by atoms with E-state index in [1.807, 2.05) is 85.7 Å². The minimum atomic E-state index is -0.309. The molecule has 2 aromatic carbocycles. The fourth-order valence-corrected chi connectivity index (χ4v) is 4.45. The molecule has 0 fully saturated rings.